The van der Waals surface area contributed by atoms with Crippen LogP contribution in [-0.2, 0) is 16.4 Å². The summed E-state index contributed by atoms with van der Waals surface area (Å²) in [5.74, 6) is 0. The molecular weight excluding hydrogens is 318 g/mol. The van der Waals surface area contributed by atoms with Crippen molar-refractivity contribution in [3.63, 3.8) is 0 Å². The van der Waals surface area contributed by atoms with Crippen molar-refractivity contribution in [1.82, 2.24) is 3.97 Å². The van der Waals surface area contributed by atoms with Crippen molar-refractivity contribution in [3.8, 4) is 0 Å². The van der Waals surface area contributed by atoms with Crippen LogP contribution in [0.3, 0.4) is 0 Å². The Morgan fingerprint density at radius 1 is 1.18 bits per heavy atom. The zero-order valence-electron chi connectivity index (χ0n) is 12.1. The lowest BCUT2D eigenvalue weighted by Crippen LogP contribution is -2.15. The number of benzene rings is 2. The maximum atomic E-state index is 13.0. The number of rotatable bonds is 4. The molecule has 1 aromatic heterocycles. The second-order valence-electron chi connectivity index (χ2n) is 5.06. The Hall–Kier alpha value is -1.78. The largest absolute Gasteiger partial charge is 0.268 e. The van der Waals surface area contributed by atoms with Crippen molar-refractivity contribution in [2.45, 2.75) is 24.7 Å². The molecule has 3 rings (SSSR count). The first-order valence-electron chi connectivity index (χ1n) is 7.07. The van der Waals surface area contributed by atoms with Gasteiger partial charge in [0.05, 0.1) is 15.4 Å². The quantitative estimate of drug-likeness (QED) is 0.715. The van der Waals surface area contributed by atoms with E-state index in [-0.39, 0.29) is 4.90 Å². The smallest absolute Gasteiger partial charge is 0.238 e. The van der Waals surface area contributed by atoms with Crippen LogP contribution in [-0.4, -0.2) is 12.4 Å². The Morgan fingerprint density at radius 2 is 1.91 bits per heavy atom. The number of halogens is 1. The van der Waals surface area contributed by atoms with E-state index in [1.54, 1.807) is 42.5 Å². The lowest BCUT2D eigenvalue weighted by molar-refractivity contribution is 0.586. The molecule has 0 aliphatic carbocycles. The molecule has 0 saturated heterocycles. The maximum absolute atomic E-state index is 13.0. The predicted octanol–water partition coefficient (Wildman–Crippen LogP) is 4.28. The fraction of sp³-hybridized carbons (Fsp3) is 0.176. The van der Waals surface area contributed by atoms with Crippen LogP contribution in [0.25, 0.3) is 10.9 Å². The topological polar surface area (TPSA) is 39.1 Å². The fourth-order valence-electron chi connectivity index (χ4n) is 2.58. The summed E-state index contributed by atoms with van der Waals surface area (Å²) in [6.45, 7) is 2.02. The minimum atomic E-state index is -3.65. The highest BCUT2D eigenvalue weighted by atomic mass is 35.5. The standard InChI is InChI=1S/C17H15ClNO2S/c1-2-7-13-12-15-16(18)10-6-11-17(15)19(13)22(20,21)14-8-4-3-5-9-14/h3-6,8-9,11-12H,2,7H2,1H3. The minimum absolute atomic E-state index is 0.272. The summed E-state index contributed by atoms with van der Waals surface area (Å²) < 4.78 is 27.5. The summed E-state index contributed by atoms with van der Waals surface area (Å²) in [7, 11) is -3.65. The van der Waals surface area contributed by atoms with E-state index >= 15 is 0 Å². The first-order chi connectivity index (χ1) is 10.6. The third-order valence-electron chi connectivity index (χ3n) is 3.54. The van der Waals surface area contributed by atoms with E-state index in [0.717, 1.165) is 12.1 Å². The monoisotopic (exact) mass is 332 g/mol. The van der Waals surface area contributed by atoms with Crippen LogP contribution in [0.15, 0.2) is 53.4 Å². The van der Waals surface area contributed by atoms with Crippen LogP contribution in [0, 0.1) is 6.07 Å². The highest BCUT2D eigenvalue weighted by molar-refractivity contribution is 7.90. The van der Waals surface area contributed by atoms with Crippen molar-refractivity contribution >= 4 is 32.5 Å². The lowest BCUT2D eigenvalue weighted by Gasteiger charge is -2.11. The van der Waals surface area contributed by atoms with E-state index in [1.807, 2.05) is 13.0 Å². The molecular formula is C17H15ClNO2S. The van der Waals surface area contributed by atoms with Crippen LogP contribution in [0.5, 0.6) is 0 Å². The Labute approximate surface area is 135 Å². The molecule has 113 valence electrons. The zero-order valence-corrected chi connectivity index (χ0v) is 13.7. The molecule has 0 aliphatic rings. The SMILES string of the molecule is CCCc1cc2c(Cl)[c]ccc2n1S(=O)(=O)c1ccccc1. The number of nitrogens with zero attached hydrogens (tertiary/aromatic N) is 1. The van der Waals surface area contributed by atoms with E-state index in [1.165, 1.54) is 3.97 Å². The molecule has 5 heteroatoms. The molecule has 22 heavy (non-hydrogen) atoms. The fourth-order valence-corrected chi connectivity index (χ4v) is 4.38. The molecule has 0 unspecified atom stereocenters. The van der Waals surface area contributed by atoms with Gasteiger partial charge in [-0.2, -0.15) is 0 Å². The highest BCUT2D eigenvalue weighted by Crippen LogP contribution is 2.30. The first kappa shape index (κ1) is 15.1. The number of aryl methyl sites for hydroxylation is 1. The molecule has 1 radical (unpaired) electrons. The Balaban J connectivity index is 2.34. The van der Waals surface area contributed by atoms with Crippen LogP contribution in [0.2, 0.25) is 5.02 Å². The molecule has 0 amide bonds. The number of hydrogen-bond donors (Lipinski definition) is 0. The van der Waals surface area contributed by atoms with Crippen LogP contribution >= 0.6 is 11.6 Å². The third-order valence-corrected chi connectivity index (χ3v) is 5.63. The van der Waals surface area contributed by atoms with Gasteiger partial charge < -0.3 is 0 Å². The van der Waals surface area contributed by atoms with Crippen LogP contribution < -0.4 is 0 Å². The Kier molecular flexibility index (Phi) is 3.98. The van der Waals surface area contributed by atoms with Gasteiger partial charge in [0.2, 0.25) is 0 Å². The lowest BCUT2D eigenvalue weighted by atomic mass is 10.2. The molecule has 0 N–H and O–H groups in total. The van der Waals surface area contributed by atoms with Gasteiger partial charge in [0.25, 0.3) is 10.0 Å². The molecule has 0 saturated carbocycles. The van der Waals surface area contributed by atoms with Gasteiger partial charge in [0, 0.05) is 17.1 Å². The van der Waals surface area contributed by atoms with Gasteiger partial charge in [-0.3, -0.25) is 0 Å². The maximum Gasteiger partial charge on any atom is 0.268 e. The summed E-state index contributed by atoms with van der Waals surface area (Å²) >= 11 is 6.17. The number of fused-ring (bicyclic) bond motifs is 1. The van der Waals surface area contributed by atoms with E-state index in [9.17, 15) is 8.42 Å². The van der Waals surface area contributed by atoms with Gasteiger partial charge in [0.1, 0.15) is 0 Å². The second kappa shape index (κ2) is 5.78. The molecule has 2 aromatic carbocycles. The zero-order chi connectivity index (χ0) is 15.7. The van der Waals surface area contributed by atoms with E-state index in [2.05, 4.69) is 6.07 Å². The highest BCUT2D eigenvalue weighted by Gasteiger charge is 2.23. The molecule has 0 spiro atoms. The summed E-state index contributed by atoms with van der Waals surface area (Å²) in [5.41, 5.74) is 1.33. The van der Waals surface area contributed by atoms with Crippen molar-refractivity contribution in [2.24, 2.45) is 0 Å². The van der Waals surface area contributed by atoms with E-state index in [0.29, 0.717) is 22.3 Å². The van der Waals surface area contributed by atoms with Gasteiger partial charge in [-0.25, -0.2) is 12.4 Å². The number of hydrogen-bond acceptors (Lipinski definition) is 2. The summed E-state index contributed by atoms with van der Waals surface area (Å²) in [5, 5.41) is 1.16. The second-order valence-corrected chi connectivity index (χ2v) is 7.22. The Morgan fingerprint density at radius 3 is 2.59 bits per heavy atom. The Bertz CT molecular complexity index is 914. The van der Waals surface area contributed by atoms with Gasteiger partial charge in [0.15, 0.2) is 0 Å². The molecule has 0 aliphatic heterocycles. The summed E-state index contributed by atoms with van der Waals surface area (Å²) in [6, 6.07) is 16.6. The van der Waals surface area contributed by atoms with Gasteiger partial charge in [-0.15, -0.1) is 0 Å². The molecule has 3 aromatic rings. The molecule has 0 atom stereocenters. The van der Waals surface area contributed by atoms with Gasteiger partial charge in [-0.05, 0) is 30.7 Å². The van der Waals surface area contributed by atoms with Gasteiger partial charge >= 0.3 is 0 Å². The van der Waals surface area contributed by atoms with Crippen LogP contribution in [0.1, 0.15) is 19.0 Å². The summed E-state index contributed by atoms with van der Waals surface area (Å²) in [6.07, 6.45) is 1.51. The molecule has 1 heterocycles. The average Bonchev–Trinajstić information content (AvgIpc) is 2.89. The number of aromatic nitrogens is 1. The first-order valence-corrected chi connectivity index (χ1v) is 8.88. The molecule has 3 nitrogen and oxygen atoms in total. The third kappa shape index (κ3) is 2.42. The summed E-state index contributed by atoms with van der Waals surface area (Å²) in [4.78, 5) is 0.272. The van der Waals surface area contributed by atoms with Gasteiger partial charge in [-0.1, -0.05) is 49.2 Å². The molecule has 0 fully saturated rings. The predicted molar refractivity (Wildman–Crippen MR) is 88.8 cm³/mol. The minimum Gasteiger partial charge on any atom is -0.238 e. The van der Waals surface area contributed by atoms with E-state index < -0.39 is 10.0 Å². The normalized spacial score (nSPS) is 11.9. The average molecular weight is 333 g/mol. The molecule has 0 bridgehead atoms. The van der Waals surface area contributed by atoms with E-state index in [4.69, 9.17) is 11.6 Å². The van der Waals surface area contributed by atoms with Crippen molar-refractivity contribution in [2.75, 3.05) is 0 Å². The van der Waals surface area contributed by atoms with Crippen molar-refractivity contribution < 1.29 is 8.42 Å². The van der Waals surface area contributed by atoms with Crippen molar-refractivity contribution in [3.05, 3.63) is 65.3 Å². The van der Waals surface area contributed by atoms with Crippen molar-refractivity contribution in [1.29, 1.82) is 0 Å². The van der Waals surface area contributed by atoms with Crippen LogP contribution in [0.4, 0.5) is 0 Å².